The van der Waals surface area contributed by atoms with Gasteiger partial charge in [0.05, 0.1) is 0 Å². The van der Waals surface area contributed by atoms with E-state index in [0.29, 0.717) is 11.3 Å². The van der Waals surface area contributed by atoms with Crippen molar-refractivity contribution in [3.63, 3.8) is 0 Å². The van der Waals surface area contributed by atoms with E-state index in [1.54, 1.807) is 24.3 Å². The Bertz CT molecular complexity index is 715. The topological polar surface area (TPSA) is 43.4 Å². The molecule has 0 fully saturated rings. The van der Waals surface area contributed by atoms with Gasteiger partial charge in [-0.1, -0.05) is 68.8 Å². The zero-order chi connectivity index (χ0) is 18.1. The maximum atomic E-state index is 12.3. The standard InChI is InChI=1S/C22H24O3/c1-3-4-6-9-18-12-14-19(15-13-18)21(23)16-17(2)22(24)25-20-10-7-5-8-11-20/h5,7-8,10-15H,2-4,6,9,16H2,1H3. The molecule has 25 heavy (non-hydrogen) atoms. The fraction of sp³-hybridized carbons (Fsp3) is 0.273. The number of para-hydroxylation sites is 1. The Kier molecular flexibility index (Phi) is 7.15. The van der Waals surface area contributed by atoms with Crippen molar-refractivity contribution in [1.82, 2.24) is 0 Å². The molecule has 0 N–H and O–H groups in total. The molecule has 2 aromatic rings. The van der Waals surface area contributed by atoms with Crippen LogP contribution in [0.15, 0.2) is 66.7 Å². The van der Waals surface area contributed by atoms with Crippen LogP contribution < -0.4 is 4.74 Å². The molecule has 0 radical (unpaired) electrons. The Hall–Kier alpha value is -2.68. The average molecular weight is 336 g/mol. The number of aryl methyl sites for hydroxylation is 1. The summed E-state index contributed by atoms with van der Waals surface area (Å²) in [5.41, 5.74) is 1.97. The highest BCUT2D eigenvalue weighted by Gasteiger charge is 2.15. The SMILES string of the molecule is C=C(CC(=O)c1ccc(CCCCC)cc1)C(=O)Oc1ccccc1. The van der Waals surface area contributed by atoms with Gasteiger partial charge >= 0.3 is 5.97 Å². The predicted octanol–water partition coefficient (Wildman–Crippen LogP) is 5.15. The first-order valence-electron chi connectivity index (χ1n) is 8.67. The van der Waals surface area contributed by atoms with E-state index in [0.717, 1.165) is 12.8 Å². The Morgan fingerprint density at radius 2 is 1.64 bits per heavy atom. The van der Waals surface area contributed by atoms with Gasteiger partial charge in [-0.05, 0) is 30.5 Å². The molecule has 2 rings (SSSR count). The molecule has 0 bridgehead atoms. The highest BCUT2D eigenvalue weighted by Crippen LogP contribution is 2.15. The van der Waals surface area contributed by atoms with E-state index in [9.17, 15) is 9.59 Å². The van der Waals surface area contributed by atoms with Crippen molar-refractivity contribution in [2.45, 2.75) is 39.0 Å². The van der Waals surface area contributed by atoms with Gasteiger partial charge in [0.25, 0.3) is 0 Å². The molecule has 2 aromatic carbocycles. The van der Waals surface area contributed by atoms with Crippen molar-refractivity contribution in [3.8, 4) is 5.75 Å². The van der Waals surface area contributed by atoms with Gasteiger partial charge in [0.2, 0.25) is 0 Å². The van der Waals surface area contributed by atoms with Crippen molar-refractivity contribution >= 4 is 11.8 Å². The van der Waals surface area contributed by atoms with Gasteiger partial charge in [0.15, 0.2) is 5.78 Å². The van der Waals surface area contributed by atoms with Crippen LogP contribution in [0, 0.1) is 0 Å². The lowest BCUT2D eigenvalue weighted by molar-refractivity contribution is -0.130. The zero-order valence-electron chi connectivity index (χ0n) is 14.7. The summed E-state index contributed by atoms with van der Waals surface area (Å²) >= 11 is 0. The molecule has 0 saturated heterocycles. The van der Waals surface area contributed by atoms with Crippen LogP contribution in [0.4, 0.5) is 0 Å². The minimum atomic E-state index is -0.573. The lowest BCUT2D eigenvalue weighted by atomic mass is 10.0. The number of hydrogen-bond donors (Lipinski definition) is 0. The van der Waals surface area contributed by atoms with Gasteiger partial charge in [-0.25, -0.2) is 4.79 Å². The first-order valence-corrected chi connectivity index (χ1v) is 8.67. The summed E-state index contributed by atoms with van der Waals surface area (Å²) in [5, 5.41) is 0. The number of benzene rings is 2. The second-order valence-corrected chi connectivity index (χ2v) is 6.06. The minimum Gasteiger partial charge on any atom is -0.423 e. The fourth-order valence-corrected chi connectivity index (χ4v) is 2.47. The second-order valence-electron chi connectivity index (χ2n) is 6.06. The van der Waals surface area contributed by atoms with Crippen molar-refractivity contribution in [3.05, 3.63) is 77.9 Å². The molecule has 3 heteroatoms. The van der Waals surface area contributed by atoms with Crippen molar-refractivity contribution in [2.24, 2.45) is 0 Å². The van der Waals surface area contributed by atoms with E-state index in [4.69, 9.17) is 4.74 Å². The van der Waals surface area contributed by atoms with Crippen LogP contribution in [0.2, 0.25) is 0 Å². The number of ketones is 1. The predicted molar refractivity (Wildman–Crippen MR) is 99.8 cm³/mol. The number of hydrogen-bond acceptors (Lipinski definition) is 3. The molecule has 0 heterocycles. The molecule has 130 valence electrons. The number of Topliss-reactive ketones (excluding diaryl/α,β-unsaturated/α-hetero) is 1. The lowest BCUT2D eigenvalue weighted by Gasteiger charge is -2.07. The van der Waals surface area contributed by atoms with Crippen LogP contribution in [0.5, 0.6) is 5.75 Å². The number of carbonyl (C=O) groups excluding carboxylic acids is 2. The molecule has 0 saturated carbocycles. The summed E-state index contributed by atoms with van der Waals surface area (Å²) in [6.45, 7) is 5.87. The molecule has 0 aliphatic rings. The van der Waals surface area contributed by atoms with Gasteiger partial charge in [-0.2, -0.15) is 0 Å². The Morgan fingerprint density at radius 3 is 2.28 bits per heavy atom. The van der Waals surface area contributed by atoms with Crippen molar-refractivity contribution < 1.29 is 14.3 Å². The first-order chi connectivity index (χ1) is 12.1. The van der Waals surface area contributed by atoms with E-state index in [1.807, 2.05) is 30.3 Å². The highest BCUT2D eigenvalue weighted by atomic mass is 16.5. The lowest BCUT2D eigenvalue weighted by Crippen LogP contribution is -2.13. The second kappa shape index (κ2) is 9.58. The smallest absolute Gasteiger partial charge is 0.339 e. The number of carbonyl (C=O) groups is 2. The first kappa shape index (κ1) is 18.7. The number of unbranched alkanes of at least 4 members (excludes halogenated alkanes) is 2. The van der Waals surface area contributed by atoms with Gasteiger partial charge in [0.1, 0.15) is 5.75 Å². The third-order valence-electron chi connectivity index (χ3n) is 3.96. The molecule has 3 nitrogen and oxygen atoms in total. The summed E-state index contributed by atoms with van der Waals surface area (Å²) in [6.07, 6.45) is 4.55. The van der Waals surface area contributed by atoms with Crippen LogP contribution in [-0.4, -0.2) is 11.8 Å². The molecule has 0 aliphatic carbocycles. The molecule has 0 unspecified atom stereocenters. The summed E-state index contributed by atoms with van der Waals surface area (Å²) < 4.78 is 5.20. The van der Waals surface area contributed by atoms with Crippen LogP contribution >= 0.6 is 0 Å². The molecular formula is C22H24O3. The average Bonchev–Trinajstić information content (AvgIpc) is 2.63. The van der Waals surface area contributed by atoms with Gasteiger partial charge < -0.3 is 4.74 Å². The Labute approximate surface area is 149 Å². The largest absolute Gasteiger partial charge is 0.423 e. The molecule has 0 aliphatic heterocycles. The third-order valence-corrected chi connectivity index (χ3v) is 3.96. The maximum Gasteiger partial charge on any atom is 0.339 e. The van der Waals surface area contributed by atoms with E-state index in [2.05, 4.69) is 13.5 Å². The number of esters is 1. The summed E-state index contributed by atoms with van der Waals surface area (Å²) in [7, 11) is 0. The molecule has 0 amide bonds. The van der Waals surface area contributed by atoms with Crippen LogP contribution in [0.25, 0.3) is 0 Å². The fourth-order valence-electron chi connectivity index (χ4n) is 2.47. The summed E-state index contributed by atoms with van der Waals surface area (Å²) in [6, 6.07) is 16.4. The number of ether oxygens (including phenoxy) is 1. The van der Waals surface area contributed by atoms with E-state index >= 15 is 0 Å². The summed E-state index contributed by atoms with van der Waals surface area (Å²) in [5.74, 6) is -0.261. The van der Waals surface area contributed by atoms with Gasteiger partial charge in [-0.3, -0.25) is 4.79 Å². The van der Waals surface area contributed by atoms with Crippen LogP contribution in [0.1, 0.15) is 48.5 Å². The maximum absolute atomic E-state index is 12.3. The zero-order valence-corrected chi connectivity index (χ0v) is 14.7. The quantitative estimate of drug-likeness (QED) is 0.209. The van der Waals surface area contributed by atoms with Crippen molar-refractivity contribution in [2.75, 3.05) is 0 Å². The Morgan fingerprint density at radius 1 is 0.960 bits per heavy atom. The van der Waals surface area contributed by atoms with Crippen LogP contribution in [0.3, 0.4) is 0 Å². The Balaban J connectivity index is 1.88. The molecule has 0 aromatic heterocycles. The van der Waals surface area contributed by atoms with Crippen molar-refractivity contribution in [1.29, 1.82) is 0 Å². The monoisotopic (exact) mass is 336 g/mol. The van der Waals surface area contributed by atoms with E-state index in [1.165, 1.54) is 18.4 Å². The van der Waals surface area contributed by atoms with Crippen LogP contribution in [-0.2, 0) is 11.2 Å². The minimum absolute atomic E-state index is 0.0408. The molecule has 0 atom stereocenters. The molecule has 0 spiro atoms. The van der Waals surface area contributed by atoms with E-state index in [-0.39, 0.29) is 17.8 Å². The summed E-state index contributed by atoms with van der Waals surface area (Å²) in [4.78, 5) is 24.3. The normalized spacial score (nSPS) is 10.3. The van der Waals surface area contributed by atoms with Gasteiger partial charge in [-0.15, -0.1) is 0 Å². The highest BCUT2D eigenvalue weighted by molar-refractivity contribution is 6.03. The van der Waals surface area contributed by atoms with E-state index < -0.39 is 5.97 Å². The molecular weight excluding hydrogens is 312 g/mol. The number of rotatable bonds is 9. The third kappa shape index (κ3) is 6.03. The van der Waals surface area contributed by atoms with Gasteiger partial charge in [0, 0.05) is 17.6 Å².